The van der Waals surface area contributed by atoms with Crippen molar-refractivity contribution in [2.24, 2.45) is 0 Å². The van der Waals surface area contributed by atoms with Gasteiger partial charge in [0.15, 0.2) is 0 Å². The topological polar surface area (TPSA) is 83.5 Å². The fraction of sp³-hybridized carbons (Fsp3) is 0.133. The van der Waals surface area contributed by atoms with Crippen molar-refractivity contribution in [3.63, 3.8) is 0 Å². The van der Waals surface area contributed by atoms with Gasteiger partial charge < -0.3 is 5.11 Å². The highest BCUT2D eigenvalue weighted by atomic mass is 32.2. The number of carboxylic acids is 1. The number of aromatic carboxylic acids is 1. The van der Waals surface area contributed by atoms with Crippen molar-refractivity contribution >= 4 is 21.7 Å². The minimum absolute atomic E-state index is 0.231. The maximum absolute atomic E-state index is 12.7. The average molecular weight is 359 g/mol. The third-order valence-corrected chi connectivity index (χ3v) is 4.48. The smallest absolute Gasteiger partial charge is 0.416 e. The summed E-state index contributed by atoms with van der Waals surface area (Å²) in [4.78, 5) is 10.6. The molecule has 0 aliphatic rings. The summed E-state index contributed by atoms with van der Waals surface area (Å²) in [5, 5.41) is 9.12. The Morgan fingerprint density at radius 3 is 2.38 bits per heavy atom. The van der Waals surface area contributed by atoms with E-state index in [1.165, 1.54) is 18.2 Å². The predicted octanol–water partition coefficient (Wildman–Crippen LogP) is 3.51. The van der Waals surface area contributed by atoms with Crippen molar-refractivity contribution in [3.05, 3.63) is 59.2 Å². The van der Waals surface area contributed by atoms with Crippen molar-refractivity contribution in [2.45, 2.75) is 18.0 Å². The first-order chi connectivity index (χ1) is 11.0. The molecule has 0 amide bonds. The van der Waals surface area contributed by atoms with E-state index in [2.05, 4.69) is 0 Å². The van der Waals surface area contributed by atoms with Crippen LogP contribution in [0.25, 0.3) is 0 Å². The molecule has 24 heavy (non-hydrogen) atoms. The summed E-state index contributed by atoms with van der Waals surface area (Å²) in [5.41, 5.74) is -1.06. The number of benzene rings is 2. The normalized spacial score (nSPS) is 12.0. The highest BCUT2D eigenvalue weighted by Gasteiger charge is 2.31. The zero-order valence-corrected chi connectivity index (χ0v) is 13.1. The van der Waals surface area contributed by atoms with E-state index >= 15 is 0 Å². The van der Waals surface area contributed by atoms with Crippen LogP contribution in [0, 0.1) is 6.92 Å². The van der Waals surface area contributed by atoms with Crippen LogP contribution in [0.4, 0.5) is 18.9 Å². The average Bonchev–Trinajstić information content (AvgIpc) is 2.48. The lowest BCUT2D eigenvalue weighted by Gasteiger charge is -2.13. The van der Waals surface area contributed by atoms with Gasteiger partial charge in [-0.15, -0.1) is 0 Å². The first kappa shape index (κ1) is 17.8. The number of hydrogen-bond donors (Lipinski definition) is 2. The Morgan fingerprint density at radius 1 is 1.12 bits per heavy atom. The van der Waals surface area contributed by atoms with Crippen LogP contribution >= 0.6 is 0 Å². The molecule has 0 aliphatic heterocycles. The molecule has 2 aromatic rings. The molecule has 2 N–H and O–H groups in total. The highest BCUT2D eigenvalue weighted by molar-refractivity contribution is 7.92. The first-order valence-corrected chi connectivity index (χ1v) is 8.03. The Morgan fingerprint density at radius 2 is 1.79 bits per heavy atom. The van der Waals surface area contributed by atoms with Gasteiger partial charge in [-0.3, -0.25) is 4.72 Å². The second-order valence-corrected chi connectivity index (χ2v) is 6.67. The summed E-state index contributed by atoms with van der Waals surface area (Å²) in [5.74, 6) is -1.36. The fourth-order valence-corrected chi connectivity index (χ4v) is 3.09. The molecule has 0 atom stereocenters. The predicted molar refractivity (Wildman–Crippen MR) is 80.4 cm³/mol. The summed E-state index contributed by atoms with van der Waals surface area (Å²) < 4.78 is 64.7. The molecule has 0 saturated heterocycles. The van der Waals surface area contributed by atoms with Crippen LogP contribution in [-0.2, 0) is 16.2 Å². The number of rotatable bonds is 4. The SMILES string of the molecule is Cc1ccc(NS(=O)(=O)c2cccc(C(F)(F)F)c2)c(C(=O)O)c1. The Kier molecular flexibility index (Phi) is 4.57. The van der Waals surface area contributed by atoms with Crippen LogP contribution < -0.4 is 4.72 Å². The lowest BCUT2D eigenvalue weighted by Crippen LogP contribution is -2.16. The summed E-state index contributed by atoms with van der Waals surface area (Å²) in [7, 11) is -4.38. The minimum atomic E-state index is -4.69. The summed E-state index contributed by atoms with van der Waals surface area (Å²) in [6.07, 6.45) is -4.69. The van der Waals surface area contributed by atoms with Gasteiger partial charge in [-0.05, 0) is 37.3 Å². The van der Waals surface area contributed by atoms with Crippen LogP contribution in [-0.4, -0.2) is 19.5 Å². The molecule has 0 radical (unpaired) electrons. The number of aryl methyl sites for hydroxylation is 1. The fourth-order valence-electron chi connectivity index (χ4n) is 1.97. The second kappa shape index (κ2) is 6.16. The van der Waals surface area contributed by atoms with Crippen LogP contribution in [0.5, 0.6) is 0 Å². The third-order valence-electron chi connectivity index (χ3n) is 3.12. The summed E-state index contributed by atoms with van der Waals surface area (Å²) in [6, 6.07) is 7.16. The molecule has 2 rings (SSSR count). The van der Waals surface area contributed by atoms with Gasteiger partial charge >= 0.3 is 12.1 Å². The molecule has 0 fully saturated rings. The number of halogens is 3. The third kappa shape index (κ3) is 3.85. The van der Waals surface area contributed by atoms with E-state index in [1.807, 2.05) is 4.72 Å². The molecule has 0 aliphatic carbocycles. The lowest BCUT2D eigenvalue weighted by atomic mass is 10.1. The standard InChI is InChI=1S/C15H12F3NO4S/c1-9-5-6-13(12(7-9)14(20)21)19-24(22,23)11-4-2-3-10(8-11)15(16,17)18/h2-8,19H,1H3,(H,20,21). The molecule has 2 aromatic carbocycles. The number of nitrogens with one attached hydrogen (secondary N) is 1. The molecule has 0 spiro atoms. The van der Waals surface area contributed by atoms with Crippen molar-refractivity contribution in [1.29, 1.82) is 0 Å². The number of carbonyl (C=O) groups is 1. The second-order valence-electron chi connectivity index (χ2n) is 4.99. The Balaban J connectivity index is 2.45. The van der Waals surface area contributed by atoms with Crippen molar-refractivity contribution < 1.29 is 31.5 Å². The van der Waals surface area contributed by atoms with Crippen LogP contribution in [0.1, 0.15) is 21.5 Å². The number of anilines is 1. The van der Waals surface area contributed by atoms with E-state index in [9.17, 15) is 26.4 Å². The maximum atomic E-state index is 12.7. The molecule has 128 valence electrons. The number of alkyl halides is 3. The quantitative estimate of drug-likeness (QED) is 0.875. The largest absolute Gasteiger partial charge is 0.478 e. The van der Waals surface area contributed by atoms with Crippen molar-refractivity contribution in [1.82, 2.24) is 0 Å². The zero-order chi connectivity index (χ0) is 18.1. The Bertz CT molecular complexity index is 892. The monoisotopic (exact) mass is 359 g/mol. The molecule has 0 unspecified atom stereocenters. The van der Waals surface area contributed by atoms with Gasteiger partial charge in [-0.25, -0.2) is 13.2 Å². The molecule has 0 aromatic heterocycles. The molecule has 0 heterocycles. The maximum Gasteiger partial charge on any atom is 0.416 e. The van der Waals surface area contributed by atoms with Gasteiger partial charge in [0, 0.05) is 0 Å². The molecule has 5 nitrogen and oxygen atoms in total. The molecule has 9 heteroatoms. The van der Waals surface area contributed by atoms with Crippen LogP contribution in [0.15, 0.2) is 47.4 Å². The van der Waals surface area contributed by atoms with Crippen molar-refractivity contribution in [3.8, 4) is 0 Å². The highest BCUT2D eigenvalue weighted by Crippen LogP contribution is 2.31. The van der Waals surface area contributed by atoms with E-state index < -0.39 is 32.6 Å². The van der Waals surface area contributed by atoms with Gasteiger partial charge in [-0.2, -0.15) is 13.2 Å². The molecule has 0 saturated carbocycles. The molecular weight excluding hydrogens is 347 g/mol. The van der Waals surface area contributed by atoms with Gasteiger partial charge in [0.2, 0.25) is 0 Å². The van der Waals surface area contributed by atoms with Crippen LogP contribution in [0.3, 0.4) is 0 Å². The Labute approximate surface area is 135 Å². The lowest BCUT2D eigenvalue weighted by molar-refractivity contribution is -0.137. The van der Waals surface area contributed by atoms with E-state index in [0.717, 1.165) is 18.2 Å². The molecule has 0 bridgehead atoms. The van der Waals surface area contributed by atoms with E-state index in [1.54, 1.807) is 6.92 Å². The van der Waals surface area contributed by atoms with E-state index in [-0.39, 0.29) is 11.3 Å². The summed E-state index contributed by atoms with van der Waals surface area (Å²) in [6.45, 7) is 1.62. The number of sulfonamides is 1. The van der Waals surface area contributed by atoms with E-state index in [0.29, 0.717) is 11.6 Å². The number of hydrogen-bond acceptors (Lipinski definition) is 3. The van der Waals surface area contributed by atoms with E-state index in [4.69, 9.17) is 5.11 Å². The number of carboxylic acid groups (broad SMARTS) is 1. The Hall–Kier alpha value is -2.55. The zero-order valence-electron chi connectivity index (χ0n) is 12.3. The van der Waals surface area contributed by atoms with Gasteiger partial charge in [0.25, 0.3) is 10.0 Å². The van der Waals surface area contributed by atoms with Crippen LogP contribution in [0.2, 0.25) is 0 Å². The molecular formula is C15H12F3NO4S. The van der Waals surface area contributed by atoms with Gasteiger partial charge in [0.1, 0.15) is 0 Å². The van der Waals surface area contributed by atoms with Gasteiger partial charge in [0.05, 0.1) is 21.7 Å². The first-order valence-electron chi connectivity index (χ1n) is 6.55. The summed E-state index contributed by atoms with van der Waals surface area (Å²) >= 11 is 0. The minimum Gasteiger partial charge on any atom is -0.478 e. The van der Waals surface area contributed by atoms with Crippen molar-refractivity contribution in [2.75, 3.05) is 4.72 Å². The van der Waals surface area contributed by atoms with Gasteiger partial charge in [-0.1, -0.05) is 17.7 Å².